The third-order valence-corrected chi connectivity index (χ3v) is 6.77. The molecule has 1 N–H and O–H groups in total. The Balaban J connectivity index is 1.83. The van der Waals surface area contributed by atoms with Crippen molar-refractivity contribution in [1.82, 2.24) is 0 Å². The van der Waals surface area contributed by atoms with E-state index in [2.05, 4.69) is 5.32 Å². The summed E-state index contributed by atoms with van der Waals surface area (Å²) in [4.78, 5) is 26.7. The summed E-state index contributed by atoms with van der Waals surface area (Å²) in [5.74, 6) is -0.309. The molecule has 1 aliphatic rings. The molecule has 3 rings (SSSR count). The van der Waals surface area contributed by atoms with Gasteiger partial charge < -0.3 is 10.2 Å². The Labute approximate surface area is 184 Å². The number of carbonyl (C=O) groups excluding carboxylic acids is 2. The molecule has 8 heteroatoms. The average molecular weight is 444 g/mol. The van der Waals surface area contributed by atoms with Gasteiger partial charge in [-0.25, -0.2) is 8.42 Å². The third-order valence-electron chi connectivity index (χ3n) is 5.59. The van der Waals surface area contributed by atoms with E-state index in [4.69, 9.17) is 0 Å². The van der Waals surface area contributed by atoms with Gasteiger partial charge in [-0.05, 0) is 74.2 Å². The lowest BCUT2D eigenvalue weighted by Crippen LogP contribution is -2.47. The summed E-state index contributed by atoms with van der Waals surface area (Å²) in [7, 11) is -3.69. The molecule has 166 valence electrons. The molecule has 0 unspecified atom stereocenters. The van der Waals surface area contributed by atoms with Crippen molar-refractivity contribution in [3.05, 3.63) is 53.6 Å². The number of aryl methyl sites for hydroxylation is 2. The van der Waals surface area contributed by atoms with Crippen LogP contribution in [0.2, 0.25) is 0 Å². The van der Waals surface area contributed by atoms with Gasteiger partial charge in [-0.1, -0.05) is 13.0 Å². The SMILES string of the molecule is CC[C@H](C(=O)Nc1ccc(N2CCCC2=O)cc1)N(c1ccc(C)c(C)c1)S(C)(=O)=O. The molecule has 1 heterocycles. The number of carbonyl (C=O) groups is 2. The van der Waals surface area contributed by atoms with Crippen molar-refractivity contribution < 1.29 is 18.0 Å². The van der Waals surface area contributed by atoms with E-state index in [1.165, 1.54) is 4.31 Å². The molecule has 0 spiro atoms. The number of hydrogen-bond donors (Lipinski definition) is 1. The number of rotatable bonds is 7. The second-order valence-corrected chi connectivity index (χ2v) is 9.80. The Kier molecular flexibility index (Phi) is 6.69. The summed E-state index contributed by atoms with van der Waals surface area (Å²) in [6, 6.07) is 11.5. The van der Waals surface area contributed by atoms with Crippen LogP contribution in [0.25, 0.3) is 0 Å². The topological polar surface area (TPSA) is 86.8 Å². The standard InChI is InChI=1S/C23H29N3O4S/c1-5-21(26(31(4,29)30)20-11-8-16(2)17(3)15-20)23(28)24-18-9-12-19(13-10-18)25-14-6-7-22(25)27/h8-13,15,21H,5-7,14H2,1-4H3,(H,24,28)/t21-/m1/s1. The summed E-state index contributed by atoms with van der Waals surface area (Å²) in [5.41, 5.74) is 3.81. The number of amides is 2. The second kappa shape index (κ2) is 9.09. The number of nitrogens with zero attached hydrogens (tertiary/aromatic N) is 2. The summed E-state index contributed by atoms with van der Waals surface area (Å²) in [6.45, 7) is 6.34. The molecule has 2 amide bonds. The van der Waals surface area contributed by atoms with E-state index < -0.39 is 22.0 Å². The van der Waals surface area contributed by atoms with Gasteiger partial charge in [0, 0.05) is 24.3 Å². The van der Waals surface area contributed by atoms with Crippen LogP contribution in [0.5, 0.6) is 0 Å². The molecule has 0 aliphatic carbocycles. The fourth-order valence-electron chi connectivity index (χ4n) is 3.79. The van der Waals surface area contributed by atoms with E-state index in [1.807, 2.05) is 19.9 Å². The van der Waals surface area contributed by atoms with Gasteiger partial charge in [0.2, 0.25) is 21.8 Å². The Bertz CT molecular complexity index is 1080. The molecule has 2 aromatic rings. The molecule has 0 saturated carbocycles. The maximum Gasteiger partial charge on any atom is 0.248 e. The number of hydrogen-bond acceptors (Lipinski definition) is 4. The van der Waals surface area contributed by atoms with Crippen molar-refractivity contribution in [3.63, 3.8) is 0 Å². The predicted octanol–water partition coefficient (Wildman–Crippen LogP) is 3.61. The van der Waals surface area contributed by atoms with Crippen molar-refractivity contribution in [2.75, 3.05) is 27.3 Å². The second-order valence-electron chi connectivity index (χ2n) is 7.94. The molecule has 1 aliphatic heterocycles. The first-order valence-electron chi connectivity index (χ1n) is 10.4. The highest BCUT2D eigenvalue weighted by Crippen LogP contribution is 2.27. The molecule has 7 nitrogen and oxygen atoms in total. The molecular formula is C23H29N3O4S. The quantitative estimate of drug-likeness (QED) is 0.708. The van der Waals surface area contributed by atoms with E-state index >= 15 is 0 Å². The van der Waals surface area contributed by atoms with Gasteiger partial charge >= 0.3 is 0 Å². The minimum Gasteiger partial charge on any atom is -0.324 e. The van der Waals surface area contributed by atoms with Gasteiger partial charge in [-0.3, -0.25) is 13.9 Å². The van der Waals surface area contributed by atoms with Crippen LogP contribution in [0.3, 0.4) is 0 Å². The summed E-state index contributed by atoms with van der Waals surface area (Å²) < 4.78 is 26.4. The van der Waals surface area contributed by atoms with Crippen LogP contribution in [-0.4, -0.2) is 39.1 Å². The molecule has 1 atom stereocenters. The molecular weight excluding hydrogens is 414 g/mol. The van der Waals surface area contributed by atoms with E-state index in [1.54, 1.807) is 48.2 Å². The van der Waals surface area contributed by atoms with E-state index in [-0.39, 0.29) is 5.91 Å². The largest absolute Gasteiger partial charge is 0.324 e. The Morgan fingerprint density at radius 1 is 1.13 bits per heavy atom. The normalized spacial score (nSPS) is 15.1. The van der Waals surface area contributed by atoms with Crippen molar-refractivity contribution in [2.24, 2.45) is 0 Å². The van der Waals surface area contributed by atoms with Crippen LogP contribution in [0.1, 0.15) is 37.3 Å². The van der Waals surface area contributed by atoms with Crippen LogP contribution >= 0.6 is 0 Å². The lowest BCUT2D eigenvalue weighted by atomic mass is 10.1. The first-order chi connectivity index (χ1) is 14.6. The van der Waals surface area contributed by atoms with Crippen LogP contribution in [0, 0.1) is 13.8 Å². The summed E-state index contributed by atoms with van der Waals surface area (Å²) in [6.07, 6.45) is 2.82. The van der Waals surface area contributed by atoms with Gasteiger partial charge in [0.25, 0.3) is 0 Å². The maximum absolute atomic E-state index is 13.1. The van der Waals surface area contributed by atoms with Crippen molar-refractivity contribution in [3.8, 4) is 0 Å². The van der Waals surface area contributed by atoms with Crippen molar-refractivity contribution in [2.45, 2.75) is 46.1 Å². The average Bonchev–Trinajstić information content (AvgIpc) is 3.13. The lowest BCUT2D eigenvalue weighted by molar-refractivity contribution is -0.118. The van der Waals surface area contributed by atoms with E-state index in [0.717, 1.165) is 29.5 Å². The monoisotopic (exact) mass is 443 g/mol. The molecule has 2 aromatic carbocycles. The smallest absolute Gasteiger partial charge is 0.248 e. The van der Waals surface area contributed by atoms with Crippen LogP contribution in [0.15, 0.2) is 42.5 Å². The van der Waals surface area contributed by atoms with Crippen LogP contribution in [0.4, 0.5) is 17.1 Å². The zero-order chi connectivity index (χ0) is 22.8. The Hall–Kier alpha value is -2.87. The fraction of sp³-hybridized carbons (Fsp3) is 0.391. The number of sulfonamides is 1. The maximum atomic E-state index is 13.1. The van der Waals surface area contributed by atoms with Gasteiger partial charge in [0.05, 0.1) is 11.9 Å². The number of benzene rings is 2. The first kappa shape index (κ1) is 22.8. The first-order valence-corrected chi connectivity index (χ1v) is 12.2. The van der Waals surface area contributed by atoms with Gasteiger partial charge in [-0.2, -0.15) is 0 Å². The molecule has 31 heavy (non-hydrogen) atoms. The van der Waals surface area contributed by atoms with Crippen molar-refractivity contribution >= 4 is 38.9 Å². The highest BCUT2D eigenvalue weighted by molar-refractivity contribution is 7.92. The summed E-state index contributed by atoms with van der Waals surface area (Å²) in [5, 5.41) is 2.82. The summed E-state index contributed by atoms with van der Waals surface area (Å²) >= 11 is 0. The van der Waals surface area contributed by atoms with Gasteiger partial charge in [0.15, 0.2) is 0 Å². The van der Waals surface area contributed by atoms with Crippen LogP contribution < -0.4 is 14.5 Å². The fourth-order valence-corrected chi connectivity index (χ4v) is 5.00. The molecule has 1 fully saturated rings. The highest BCUT2D eigenvalue weighted by Gasteiger charge is 2.32. The Morgan fingerprint density at radius 2 is 1.81 bits per heavy atom. The van der Waals surface area contributed by atoms with E-state index in [9.17, 15) is 18.0 Å². The minimum atomic E-state index is -3.69. The lowest BCUT2D eigenvalue weighted by Gasteiger charge is -2.30. The number of nitrogens with one attached hydrogen (secondary N) is 1. The predicted molar refractivity (Wildman–Crippen MR) is 124 cm³/mol. The zero-order valence-corrected chi connectivity index (χ0v) is 19.2. The third kappa shape index (κ3) is 5.07. The van der Waals surface area contributed by atoms with Crippen molar-refractivity contribution in [1.29, 1.82) is 0 Å². The van der Waals surface area contributed by atoms with Gasteiger partial charge in [-0.15, -0.1) is 0 Å². The zero-order valence-electron chi connectivity index (χ0n) is 18.4. The molecule has 0 radical (unpaired) electrons. The number of anilines is 3. The van der Waals surface area contributed by atoms with E-state index in [0.29, 0.717) is 30.8 Å². The molecule has 0 aromatic heterocycles. The highest BCUT2D eigenvalue weighted by atomic mass is 32.2. The molecule has 0 bridgehead atoms. The van der Waals surface area contributed by atoms with Crippen LogP contribution in [-0.2, 0) is 19.6 Å². The Morgan fingerprint density at radius 3 is 2.32 bits per heavy atom. The minimum absolute atomic E-state index is 0.0972. The molecule has 1 saturated heterocycles. The van der Waals surface area contributed by atoms with Gasteiger partial charge in [0.1, 0.15) is 6.04 Å².